The van der Waals surface area contributed by atoms with Crippen molar-refractivity contribution >= 4 is 38.4 Å². The topological polar surface area (TPSA) is 92.8 Å². The van der Waals surface area contributed by atoms with Crippen molar-refractivity contribution in [3.05, 3.63) is 108 Å². The van der Waals surface area contributed by atoms with Crippen molar-refractivity contribution in [2.24, 2.45) is 0 Å². The van der Waals surface area contributed by atoms with E-state index in [-0.39, 0.29) is 17.9 Å². The standard InChI is InChI=1S/C28H24N2O5S/c1-35-28(32)20-10-13-24(14-11-20)29-27(31)26-17-22-8-4-5-9-23(22)18-30(26)36(33,34)25-15-12-19-6-2-3-7-21(19)16-25/h2-16,26H,17-18H2,1H3,(H,29,31)/t26-/m0/s1. The molecule has 1 N–H and O–H groups in total. The van der Waals surface area contributed by atoms with Gasteiger partial charge in [0.05, 0.1) is 17.6 Å². The summed E-state index contributed by atoms with van der Waals surface area (Å²) in [6.07, 6.45) is 0.245. The van der Waals surface area contributed by atoms with Crippen LogP contribution in [0.4, 0.5) is 5.69 Å². The molecule has 0 bridgehead atoms. The van der Waals surface area contributed by atoms with Gasteiger partial charge in [-0.25, -0.2) is 13.2 Å². The molecule has 0 spiro atoms. The van der Waals surface area contributed by atoms with Crippen LogP contribution in [-0.2, 0) is 32.5 Å². The third kappa shape index (κ3) is 4.48. The van der Waals surface area contributed by atoms with E-state index in [0.29, 0.717) is 11.3 Å². The van der Waals surface area contributed by atoms with Crippen LogP contribution in [-0.4, -0.2) is 37.8 Å². The van der Waals surface area contributed by atoms with E-state index in [2.05, 4.69) is 5.32 Å². The maximum Gasteiger partial charge on any atom is 0.337 e. The average molecular weight is 501 g/mol. The van der Waals surface area contributed by atoms with Crippen molar-refractivity contribution in [2.45, 2.75) is 23.9 Å². The summed E-state index contributed by atoms with van der Waals surface area (Å²) >= 11 is 0. The van der Waals surface area contributed by atoms with Crippen molar-refractivity contribution in [3.8, 4) is 0 Å². The lowest BCUT2D eigenvalue weighted by Crippen LogP contribution is -2.50. The molecule has 4 aromatic carbocycles. The van der Waals surface area contributed by atoms with Crippen LogP contribution in [0.3, 0.4) is 0 Å². The molecule has 0 aliphatic carbocycles. The Balaban J connectivity index is 1.49. The number of nitrogens with one attached hydrogen (secondary N) is 1. The summed E-state index contributed by atoms with van der Waals surface area (Å²) in [5.41, 5.74) is 2.61. The Labute approximate surface area is 209 Å². The molecule has 7 nitrogen and oxygen atoms in total. The SMILES string of the molecule is COC(=O)c1ccc(NC(=O)[C@@H]2Cc3ccccc3CN2S(=O)(=O)c2ccc3ccccc3c2)cc1. The molecule has 0 fully saturated rings. The van der Waals surface area contributed by atoms with Gasteiger partial charge in [0.2, 0.25) is 15.9 Å². The predicted molar refractivity (Wildman–Crippen MR) is 137 cm³/mol. The summed E-state index contributed by atoms with van der Waals surface area (Å²) in [6.45, 7) is 0.0880. The number of carbonyl (C=O) groups excluding carboxylic acids is 2. The number of ether oxygens (including phenoxy) is 1. The van der Waals surface area contributed by atoms with Crippen molar-refractivity contribution in [1.29, 1.82) is 0 Å². The second kappa shape index (κ2) is 9.56. The Morgan fingerprint density at radius 2 is 1.53 bits per heavy atom. The lowest BCUT2D eigenvalue weighted by atomic mass is 9.95. The van der Waals surface area contributed by atoms with Crippen LogP contribution in [0.15, 0.2) is 95.9 Å². The first-order valence-electron chi connectivity index (χ1n) is 11.4. The molecule has 4 aromatic rings. The van der Waals surface area contributed by atoms with E-state index < -0.39 is 27.9 Å². The number of esters is 1. The van der Waals surface area contributed by atoms with Gasteiger partial charge in [-0.3, -0.25) is 4.79 Å². The van der Waals surface area contributed by atoms with E-state index in [0.717, 1.165) is 21.9 Å². The number of nitrogens with zero attached hydrogens (tertiary/aromatic N) is 1. The Kier molecular flexibility index (Phi) is 6.30. The number of rotatable bonds is 5. The lowest BCUT2D eigenvalue weighted by molar-refractivity contribution is -0.120. The Bertz CT molecular complexity index is 1560. The first kappa shape index (κ1) is 23.7. The Morgan fingerprint density at radius 1 is 0.861 bits per heavy atom. The molecule has 0 radical (unpaired) electrons. The molecule has 36 heavy (non-hydrogen) atoms. The molecule has 182 valence electrons. The molecule has 1 aliphatic heterocycles. The number of anilines is 1. The summed E-state index contributed by atoms with van der Waals surface area (Å²) in [5.74, 6) is -0.927. The van der Waals surface area contributed by atoms with Gasteiger partial charge in [0.25, 0.3) is 0 Å². The first-order chi connectivity index (χ1) is 17.4. The van der Waals surface area contributed by atoms with Gasteiger partial charge in [0.15, 0.2) is 0 Å². The highest BCUT2D eigenvalue weighted by atomic mass is 32.2. The van der Waals surface area contributed by atoms with Crippen LogP contribution in [0.5, 0.6) is 0 Å². The number of hydrogen-bond donors (Lipinski definition) is 1. The van der Waals surface area contributed by atoms with Gasteiger partial charge in [-0.1, -0.05) is 54.6 Å². The van der Waals surface area contributed by atoms with Gasteiger partial charge in [0, 0.05) is 12.2 Å². The van der Waals surface area contributed by atoms with Crippen LogP contribution >= 0.6 is 0 Å². The van der Waals surface area contributed by atoms with Crippen LogP contribution in [0, 0.1) is 0 Å². The number of methoxy groups -OCH3 is 1. The van der Waals surface area contributed by atoms with Gasteiger partial charge in [-0.15, -0.1) is 0 Å². The minimum absolute atomic E-state index is 0.0880. The molecule has 1 atom stereocenters. The van der Waals surface area contributed by atoms with Gasteiger partial charge < -0.3 is 10.1 Å². The maximum atomic E-state index is 13.9. The zero-order chi connectivity index (χ0) is 25.3. The van der Waals surface area contributed by atoms with E-state index in [1.165, 1.54) is 11.4 Å². The van der Waals surface area contributed by atoms with E-state index in [1.54, 1.807) is 42.5 Å². The summed E-state index contributed by atoms with van der Waals surface area (Å²) in [6, 6.07) is 25.4. The van der Waals surface area contributed by atoms with Crippen LogP contribution in [0.25, 0.3) is 10.8 Å². The molecule has 0 saturated carbocycles. The van der Waals surface area contributed by atoms with Gasteiger partial charge >= 0.3 is 5.97 Å². The molecular formula is C28H24N2O5S. The maximum absolute atomic E-state index is 13.9. The Morgan fingerprint density at radius 3 is 2.25 bits per heavy atom. The van der Waals surface area contributed by atoms with Crippen molar-refractivity contribution in [2.75, 3.05) is 12.4 Å². The van der Waals surface area contributed by atoms with Gasteiger partial charge in [0.1, 0.15) is 6.04 Å². The molecule has 1 aliphatic rings. The fourth-order valence-electron chi connectivity index (χ4n) is 4.47. The third-order valence-electron chi connectivity index (χ3n) is 6.41. The number of amides is 1. The largest absolute Gasteiger partial charge is 0.465 e. The summed E-state index contributed by atoms with van der Waals surface area (Å²) < 4.78 is 33.7. The molecule has 1 heterocycles. The zero-order valence-electron chi connectivity index (χ0n) is 19.5. The zero-order valence-corrected chi connectivity index (χ0v) is 20.4. The molecule has 8 heteroatoms. The van der Waals surface area contributed by atoms with E-state index in [9.17, 15) is 18.0 Å². The smallest absolute Gasteiger partial charge is 0.337 e. The molecule has 0 aromatic heterocycles. The average Bonchev–Trinajstić information content (AvgIpc) is 2.92. The van der Waals surface area contributed by atoms with Crippen molar-refractivity contribution in [1.82, 2.24) is 4.31 Å². The molecular weight excluding hydrogens is 476 g/mol. The number of fused-ring (bicyclic) bond motifs is 2. The van der Waals surface area contributed by atoms with E-state index >= 15 is 0 Å². The summed E-state index contributed by atoms with van der Waals surface area (Å²) in [7, 11) is -2.70. The second-order valence-electron chi connectivity index (χ2n) is 8.61. The third-order valence-corrected chi connectivity index (χ3v) is 8.26. The highest BCUT2D eigenvalue weighted by molar-refractivity contribution is 7.89. The predicted octanol–water partition coefficient (Wildman–Crippen LogP) is 4.38. The Hall–Kier alpha value is -4.01. The van der Waals surface area contributed by atoms with Crippen LogP contribution in [0.2, 0.25) is 0 Å². The highest BCUT2D eigenvalue weighted by Gasteiger charge is 2.39. The molecule has 1 amide bonds. The highest BCUT2D eigenvalue weighted by Crippen LogP contribution is 2.31. The number of hydrogen-bond acceptors (Lipinski definition) is 5. The first-order valence-corrected chi connectivity index (χ1v) is 12.9. The second-order valence-corrected chi connectivity index (χ2v) is 10.5. The van der Waals surface area contributed by atoms with Crippen molar-refractivity contribution < 1.29 is 22.7 Å². The van der Waals surface area contributed by atoms with E-state index in [1.807, 2.05) is 48.5 Å². The van der Waals surface area contributed by atoms with Gasteiger partial charge in [-0.2, -0.15) is 4.31 Å². The molecule has 5 rings (SSSR count). The van der Waals surface area contributed by atoms with Gasteiger partial charge in [-0.05, 0) is 64.7 Å². The lowest BCUT2D eigenvalue weighted by Gasteiger charge is -2.35. The van der Waals surface area contributed by atoms with E-state index in [4.69, 9.17) is 4.74 Å². The quantitative estimate of drug-likeness (QED) is 0.411. The minimum Gasteiger partial charge on any atom is -0.465 e. The molecule has 0 saturated heterocycles. The fraction of sp³-hybridized carbons (Fsp3) is 0.143. The molecule has 0 unspecified atom stereocenters. The van der Waals surface area contributed by atoms with Crippen LogP contribution in [0.1, 0.15) is 21.5 Å². The normalized spacial score (nSPS) is 15.8. The monoisotopic (exact) mass is 500 g/mol. The fourth-order valence-corrected chi connectivity index (χ4v) is 6.07. The van der Waals surface area contributed by atoms with Crippen LogP contribution < -0.4 is 5.32 Å². The van der Waals surface area contributed by atoms with Crippen molar-refractivity contribution in [3.63, 3.8) is 0 Å². The minimum atomic E-state index is -3.99. The number of sulfonamides is 1. The number of carbonyl (C=O) groups is 2. The summed E-state index contributed by atoms with van der Waals surface area (Å²) in [5, 5.41) is 4.56. The number of benzene rings is 4. The summed E-state index contributed by atoms with van der Waals surface area (Å²) in [4.78, 5) is 25.3.